The Morgan fingerprint density at radius 2 is 1.89 bits per heavy atom. The van der Waals surface area contributed by atoms with Crippen molar-refractivity contribution in [3.8, 4) is 0 Å². The van der Waals surface area contributed by atoms with Gasteiger partial charge in [0.05, 0.1) is 12.0 Å². The van der Waals surface area contributed by atoms with Crippen molar-refractivity contribution >= 4 is 11.9 Å². The van der Waals surface area contributed by atoms with E-state index >= 15 is 0 Å². The van der Waals surface area contributed by atoms with Crippen molar-refractivity contribution < 1.29 is 14.7 Å². The van der Waals surface area contributed by atoms with Crippen molar-refractivity contribution in [1.29, 1.82) is 0 Å². The fourth-order valence-electron chi connectivity index (χ4n) is 2.00. The molecule has 0 aromatic carbocycles. The van der Waals surface area contributed by atoms with Crippen molar-refractivity contribution in [1.82, 2.24) is 10.2 Å². The molecule has 0 atom stereocenters. The lowest BCUT2D eigenvalue weighted by atomic mass is 9.80. The number of hydrogen-bond donors (Lipinski definition) is 2. The maximum absolute atomic E-state index is 11.6. The van der Waals surface area contributed by atoms with Crippen LogP contribution in [0.2, 0.25) is 0 Å². The van der Waals surface area contributed by atoms with Gasteiger partial charge in [-0.2, -0.15) is 0 Å². The van der Waals surface area contributed by atoms with Crippen LogP contribution in [0.1, 0.15) is 33.6 Å². The molecule has 5 nitrogen and oxygen atoms in total. The van der Waals surface area contributed by atoms with Crippen molar-refractivity contribution in [3.05, 3.63) is 0 Å². The molecule has 0 bridgehead atoms. The number of nitrogens with one attached hydrogen (secondary N) is 1. The minimum absolute atomic E-state index is 0.0302. The summed E-state index contributed by atoms with van der Waals surface area (Å²) in [7, 11) is 0. The minimum atomic E-state index is -0.730. The number of carbonyl (C=O) groups is 2. The van der Waals surface area contributed by atoms with Gasteiger partial charge < -0.3 is 10.4 Å². The molecule has 1 saturated heterocycles. The van der Waals surface area contributed by atoms with Gasteiger partial charge in [0.25, 0.3) is 0 Å². The van der Waals surface area contributed by atoms with Crippen molar-refractivity contribution in [2.45, 2.75) is 33.6 Å². The van der Waals surface area contributed by atoms with E-state index in [4.69, 9.17) is 5.11 Å². The van der Waals surface area contributed by atoms with E-state index in [-0.39, 0.29) is 5.91 Å². The quantitative estimate of drug-likeness (QED) is 0.768. The molecular weight excluding hydrogens is 232 g/mol. The lowest BCUT2D eigenvalue weighted by molar-refractivity contribution is -0.150. The molecule has 0 aromatic heterocycles. The fraction of sp³-hybridized carbons (Fsp3) is 0.846. The zero-order valence-electron chi connectivity index (χ0n) is 11.5. The van der Waals surface area contributed by atoms with Crippen LogP contribution in [0.25, 0.3) is 0 Å². The molecule has 1 aliphatic heterocycles. The summed E-state index contributed by atoms with van der Waals surface area (Å²) in [5.41, 5.74) is -0.620. The van der Waals surface area contributed by atoms with E-state index in [1.807, 2.05) is 4.90 Å². The second-order valence-corrected chi connectivity index (χ2v) is 5.84. The Morgan fingerprint density at radius 3 is 2.33 bits per heavy atom. The standard InChI is InChI=1S/C13H24N2O3/c1-10(2)8-14-11(16)9-15-6-4-13(3,5-7-15)12(17)18/h10H,4-9H2,1-3H3,(H,14,16)(H,17,18). The number of carbonyl (C=O) groups excluding carboxylic acids is 1. The highest BCUT2D eigenvalue weighted by molar-refractivity contribution is 5.78. The van der Waals surface area contributed by atoms with Gasteiger partial charge in [0.1, 0.15) is 0 Å². The average Bonchev–Trinajstić information content (AvgIpc) is 2.29. The van der Waals surface area contributed by atoms with E-state index in [0.29, 0.717) is 44.9 Å². The number of rotatable bonds is 5. The Balaban J connectivity index is 2.31. The molecule has 18 heavy (non-hydrogen) atoms. The maximum atomic E-state index is 11.6. The molecule has 2 N–H and O–H groups in total. The molecule has 0 saturated carbocycles. The van der Waals surface area contributed by atoms with Crippen LogP contribution in [0.15, 0.2) is 0 Å². The van der Waals surface area contributed by atoms with Crippen LogP contribution in [0.3, 0.4) is 0 Å². The number of piperidine rings is 1. The molecule has 1 heterocycles. The highest BCUT2D eigenvalue weighted by Crippen LogP contribution is 2.30. The lowest BCUT2D eigenvalue weighted by Gasteiger charge is -2.36. The fourth-order valence-corrected chi connectivity index (χ4v) is 2.00. The topological polar surface area (TPSA) is 69.6 Å². The third kappa shape index (κ3) is 4.29. The van der Waals surface area contributed by atoms with E-state index in [9.17, 15) is 9.59 Å². The van der Waals surface area contributed by atoms with E-state index in [0.717, 1.165) is 0 Å². The Bertz CT molecular complexity index is 307. The first-order chi connectivity index (χ1) is 8.33. The summed E-state index contributed by atoms with van der Waals surface area (Å²) >= 11 is 0. The highest BCUT2D eigenvalue weighted by Gasteiger charge is 2.37. The molecule has 104 valence electrons. The van der Waals surface area contributed by atoms with Crippen LogP contribution in [-0.2, 0) is 9.59 Å². The van der Waals surface area contributed by atoms with Gasteiger partial charge in [0.15, 0.2) is 0 Å². The molecule has 1 rings (SSSR count). The van der Waals surface area contributed by atoms with Gasteiger partial charge in [-0.25, -0.2) is 0 Å². The number of nitrogens with zero attached hydrogens (tertiary/aromatic N) is 1. The van der Waals surface area contributed by atoms with Crippen molar-refractivity contribution in [3.63, 3.8) is 0 Å². The molecular formula is C13H24N2O3. The molecule has 0 aromatic rings. The number of carboxylic acids is 1. The van der Waals surface area contributed by atoms with Gasteiger partial charge in [-0.05, 0) is 38.8 Å². The van der Waals surface area contributed by atoms with Gasteiger partial charge >= 0.3 is 5.97 Å². The summed E-state index contributed by atoms with van der Waals surface area (Å²) in [6, 6.07) is 0. The zero-order valence-corrected chi connectivity index (χ0v) is 11.5. The van der Waals surface area contributed by atoms with Gasteiger partial charge in [-0.3, -0.25) is 14.5 Å². The SMILES string of the molecule is CC(C)CNC(=O)CN1CCC(C)(C(=O)O)CC1. The predicted octanol–water partition coefficient (Wildman–Crippen LogP) is 0.945. The Kier molecular flexibility index (Phi) is 5.14. The monoisotopic (exact) mass is 256 g/mol. The first kappa shape index (κ1) is 15.0. The predicted molar refractivity (Wildman–Crippen MR) is 69.3 cm³/mol. The number of likely N-dealkylation sites (tertiary alicyclic amines) is 1. The van der Waals surface area contributed by atoms with E-state index in [2.05, 4.69) is 19.2 Å². The summed E-state index contributed by atoms with van der Waals surface area (Å²) in [5, 5.41) is 12.0. The average molecular weight is 256 g/mol. The Morgan fingerprint density at radius 1 is 1.33 bits per heavy atom. The second-order valence-electron chi connectivity index (χ2n) is 5.84. The number of amides is 1. The van der Waals surface area contributed by atoms with E-state index < -0.39 is 11.4 Å². The smallest absolute Gasteiger partial charge is 0.309 e. The maximum Gasteiger partial charge on any atom is 0.309 e. The van der Waals surface area contributed by atoms with Crippen molar-refractivity contribution in [2.24, 2.45) is 11.3 Å². The molecule has 1 aliphatic rings. The van der Waals surface area contributed by atoms with Crippen LogP contribution in [0.4, 0.5) is 0 Å². The van der Waals surface area contributed by atoms with Gasteiger partial charge in [0.2, 0.25) is 5.91 Å². The summed E-state index contributed by atoms with van der Waals surface area (Å²) < 4.78 is 0. The molecule has 0 aliphatic carbocycles. The first-order valence-electron chi connectivity index (χ1n) is 6.56. The van der Waals surface area contributed by atoms with E-state index in [1.54, 1.807) is 6.92 Å². The number of hydrogen-bond acceptors (Lipinski definition) is 3. The molecule has 1 amide bonds. The van der Waals surface area contributed by atoms with Crippen LogP contribution >= 0.6 is 0 Å². The molecule has 0 radical (unpaired) electrons. The zero-order chi connectivity index (χ0) is 13.8. The normalized spacial score (nSPS) is 19.8. The van der Waals surface area contributed by atoms with Crippen LogP contribution in [-0.4, -0.2) is 48.1 Å². The summed E-state index contributed by atoms with van der Waals surface area (Å²) in [6.45, 7) is 8.32. The number of aliphatic carboxylic acids is 1. The summed E-state index contributed by atoms with van der Waals surface area (Å²) in [6.07, 6.45) is 1.22. The molecule has 0 spiro atoms. The molecule has 0 unspecified atom stereocenters. The first-order valence-corrected chi connectivity index (χ1v) is 6.56. The highest BCUT2D eigenvalue weighted by atomic mass is 16.4. The van der Waals surface area contributed by atoms with Crippen LogP contribution in [0, 0.1) is 11.3 Å². The summed E-state index contributed by atoms with van der Waals surface area (Å²) in [4.78, 5) is 24.8. The summed E-state index contributed by atoms with van der Waals surface area (Å²) in [5.74, 6) is -0.250. The molecule has 5 heteroatoms. The van der Waals surface area contributed by atoms with Gasteiger partial charge in [-0.1, -0.05) is 13.8 Å². The lowest BCUT2D eigenvalue weighted by Crippen LogP contribution is -2.46. The third-order valence-electron chi connectivity index (χ3n) is 3.55. The Hall–Kier alpha value is -1.10. The van der Waals surface area contributed by atoms with Crippen LogP contribution in [0.5, 0.6) is 0 Å². The minimum Gasteiger partial charge on any atom is -0.481 e. The largest absolute Gasteiger partial charge is 0.481 e. The van der Waals surface area contributed by atoms with Crippen molar-refractivity contribution in [2.75, 3.05) is 26.2 Å². The second kappa shape index (κ2) is 6.18. The third-order valence-corrected chi connectivity index (χ3v) is 3.55. The van der Waals surface area contributed by atoms with Crippen LogP contribution < -0.4 is 5.32 Å². The number of carboxylic acid groups (broad SMARTS) is 1. The molecule has 1 fully saturated rings. The van der Waals surface area contributed by atoms with Gasteiger partial charge in [0, 0.05) is 6.54 Å². The Labute approximate surface area is 109 Å². The van der Waals surface area contributed by atoms with Gasteiger partial charge in [-0.15, -0.1) is 0 Å². The van der Waals surface area contributed by atoms with E-state index in [1.165, 1.54) is 0 Å².